The Balaban J connectivity index is 0.00000158. The smallest absolute Gasteiger partial charge is 0.160 e. The van der Waals surface area contributed by atoms with Crippen molar-refractivity contribution in [2.24, 2.45) is 0 Å². The molecule has 0 fully saturated rings. The van der Waals surface area contributed by atoms with E-state index in [4.69, 9.17) is 9.97 Å². The Labute approximate surface area is 236 Å². The third-order valence-corrected chi connectivity index (χ3v) is 6.72. The number of fused-ring (bicyclic) bond motifs is 3. The monoisotopic (exact) mass is 522 g/mol. The molecule has 0 unspecified atom stereocenters. The van der Waals surface area contributed by atoms with Crippen molar-refractivity contribution < 1.29 is 0 Å². The Hall–Kier alpha value is -4.83. The first-order chi connectivity index (χ1) is 19.8. The van der Waals surface area contributed by atoms with Gasteiger partial charge in [-0.15, -0.1) is 0 Å². The summed E-state index contributed by atoms with van der Waals surface area (Å²) in [6.45, 7) is 8.18. The summed E-state index contributed by atoms with van der Waals surface area (Å²) in [6, 6.07) is 31.5. The average Bonchev–Trinajstić information content (AvgIpc) is 3.37. The van der Waals surface area contributed by atoms with Crippen molar-refractivity contribution in [2.45, 2.75) is 34.1 Å². The third kappa shape index (κ3) is 5.21. The number of hydrogen-bond donors (Lipinski definition) is 0. The number of aromatic nitrogens is 4. The van der Waals surface area contributed by atoms with Crippen LogP contribution in [0, 0.1) is 0 Å². The van der Waals surface area contributed by atoms with Crippen molar-refractivity contribution in [2.75, 3.05) is 0 Å². The van der Waals surface area contributed by atoms with Crippen LogP contribution in [0.4, 0.5) is 0 Å². The second-order valence-corrected chi connectivity index (χ2v) is 9.19. The second kappa shape index (κ2) is 12.4. The Bertz CT molecular complexity index is 1740. The fraction of sp³-hybridized carbons (Fsp3) is 0.139. The van der Waals surface area contributed by atoms with Crippen molar-refractivity contribution >= 4 is 27.4 Å². The SMILES string of the molecule is C/C=C\C(=C/CC)c1cc(-c2ccc(-n3c4ccccc4c4ccncc43)cc2)nc(-c2ccccc2)n1.CC. The van der Waals surface area contributed by atoms with Gasteiger partial charge in [-0.2, -0.15) is 0 Å². The molecule has 40 heavy (non-hydrogen) atoms. The molecule has 3 heterocycles. The molecule has 0 atom stereocenters. The third-order valence-electron chi connectivity index (χ3n) is 6.72. The van der Waals surface area contributed by atoms with Gasteiger partial charge in [-0.1, -0.05) is 99.7 Å². The van der Waals surface area contributed by atoms with E-state index in [1.54, 1.807) is 0 Å². The molecule has 3 aromatic carbocycles. The van der Waals surface area contributed by atoms with Crippen LogP contribution in [0.25, 0.3) is 55.7 Å². The summed E-state index contributed by atoms with van der Waals surface area (Å²) in [5.41, 5.74) is 8.32. The zero-order valence-electron chi connectivity index (χ0n) is 23.5. The lowest BCUT2D eigenvalue weighted by atomic mass is 10.0. The van der Waals surface area contributed by atoms with E-state index < -0.39 is 0 Å². The maximum absolute atomic E-state index is 4.99. The van der Waals surface area contributed by atoms with Crippen molar-refractivity contribution in [3.8, 4) is 28.3 Å². The van der Waals surface area contributed by atoms with Gasteiger partial charge in [0.05, 0.1) is 28.6 Å². The van der Waals surface area contributed by atoms with Gasteiger partial charge in [0, 0.05) is 33.8 Å². The van der Waals surface area contributed by atoms with Crippen LogP contribution in [0.2, 0.25) is 0 Å². The fourth-order valence-electron chi connectivity index (χ4n) is 4.99. The molecular weight excluding hydrogens is 488 g/mol. The molecule has 0 aliphatic rings. The van der Waals surface area contributed by atoms with Gasteiger partial charge in [0.2, 0.25) is 0 Å². The molecule has 3 aromatic heterocycles. The minimum absolute atomic E-state index is 0.724. The van der Waals surface area contributed by atoms with Gasteiger partial charge in [0.1, 0.15) is 0 Å². The lowest BCUT2D eigenvalue weighted by Crippen LogP contribution is -1.98. The summed E-state index contributed by atoms with van der Waals surface area (Å²) in [6.07, 6.45) is 11.1. The highest BCUT2D eigenvalue weighted by molar-refractivity contribution is 6.08. The Morgan fingerprint density at radius 2 is 1.50 bits per heavy atom. The molecule has 0 bridgehead atoms. The van der Waals surface area contributed by atoms with E-state index in [2.05, 4.69) is 107 Å². The summed E-state index contributed by atoms with van der Waals surface area (Å²) >= 11 is 0. The zero-order chi connectivity index (χ0) is 27.9. The normalized spacial score (nSPS) is 11.7. The van der Waals surface area contributed by atoms with E-state index in [-0.39, 0.29) is 0 Å². The molecule has 0 saturated heterocycles. The number of para-hydroxylation sites is 1. The van der Waals surface area contributed by atoms with E-state index in [1.807, 2.05) is 51.4 Å². The standard InChI is InChI=1S/C34H28N4.C2H6/c1-3-10-24(11-4-2)30-22-31(37-34(36-30)26-12-6-5-7-13-26)25-16-18-27(19-17-25)38-32-15-9-8-14-28(32)29-20-21-35-23-33(29)38;1-2/h3,5-23H,4H2,1-2H3;1-2H3/b10-3-,24-11+;. The highest BCUT2D eigenvalue weighted by atomic mass is 15.0. The Morgan fingerprint density at radius 1 is 0.775 bits per heavy atom. The second-order valence-electron chi connectivity index (χ2n) is 9.19. The minimum atomic E-state index is 0.724. The fourth-order valence-corrected chi connectivity index (χ4v) is 4.99. The molecule has 0 aliphatic carbocycles. The minimum Gasteiger partial charge on any atom is -0.308 e. The van der Waals surface area contributed by atoms with Crippen LogP contribution in [-0.2, 0) is 0 Å². The van der Waals surface area contributed by atoms with Crippen LogP contribution in [0.3, 0.4) is 0 Å². The van der Waals surface area contributed by atoms with Crippen molar-refractivity contribution in [1.29, 1.82) is 0 Å². The maximum Gasteiger partial charge on any atom is 0.160 e. The number of pyridine rings is 1. The molecule has 0 aliphatic heterocycles. The quantitative estimate of drug-likeness (QED) is 0.205. The lowest BCUT2D eigenvalue weighted by Gasteiger charge is -2.11. The molecule has 0 radical (unpaired) electrons. The largest absolute Gasteiger partial charge is 0.308 e. The first-order valence-electron chi connectivity index (χ1n) is 14.0. The van der Waals surface area contributed by atoms with Crippen LogP contribution in [0.1, 0.15) is 39.8 Å². The molecule has 0 amide bonds. The van der Waals surface area contributed by atoms with E-state index in [0.717, 1.165) is 51.5 Å². The summed E-state index contributed by atoms with van der Waals surface area (Å²) in [5, 5.41) is 2.42. The van der Waals surface area contributed by atoms with Crippen LogP contribution in [-0.4, -0.2) is 19.5 Å². The summed E-state index contributed by atoms with van der Waals surface area (Å²) in [7, 11) is 0. The highest BCUT2D eigenvalue weighted by Crippen LogP contribution is 2.32. The highest BCUT2D eigenvalue weighted by Gasteiger charge is 2.14. The summed E-state index contributed by atoms with van der Waals surface area (Å²) < 4.78 is 2.27. The number of benzene rings is 3. The maximum atomic E-state index is 4.99. The number of nitrogens with zero attached hydrogens (tertiary/aromatic N) is 4. The van der Waals surface area contributed by atoms with E-state index in [1.165, 1.54) is 16.3 Å². The first-order valence-corrected chi connectivity index (χ1v) is 14.0. The van der Waals surface area contributed by atoms with Crippen LogP contribution in [0.5, 0.6) is 0 Å². The van der Waals surface area contributed by atoms with Crippen LogP contribution < -0.4 is 0 Å². The van der Waals surface area contributed by atoms with E-state index in [9.17, 15) is 0 Å². The Morgan fingerprint density at radius 3 is 2.25 bits per heavy atom. The van der Waals surface area contributed by atoms with E-state index in [0.29, 0.717) is 0 Å². The number of hydrogen-bond acceptors (Lipinski definition) is 3. The van der Waals surface area contributed by atoms with Gasteiger partial charge in [-0.3, -0.25) is 4.98 Å². The summed E-state index contributed by atoms with van der Waals surface area (Å²) in [4.78, 5) is 14.3. The molecule has 6 aromatic rings. The first kappa shape index (κ1) is 26.8. The predicted molar refractivity (Wildman–Crippen MR) is 169 cm³/mol. The number of allylic oxidation sites excluding steroid dienone is 4. The van der Waals surface area contributed by atoms with Crippen molar-refractivity contribution in [3.63, 3.8) is 0 Å². The van der Waals surface area contributed by atoms with Crippen LogP contribution >= 0.6 is 0 Å². The molecule has 4 nitrogen and oxygen atoms in total. The molecule has 6 rings (SSSR count). The van der Waals surface area contributed by atoms with Crippen molar-refractivity contribution in [1.82, 2.24) is 19.5 Å². The van der Waals surface area contributed by atoms with Gasteiger partial charge < -0.3 is 4.57 Å². The topological polar surface area (TPSA) is 43.6 Å². The Kier molecular flexibility index (Phi) is 8.26. The van der Waals surface area contributed by atoms with Crippen molar-refractivity contribution in [3.05, 3.63) is 127 Å². The molecule has 198 valence electrons. The van der Waals surface area contributed by atoms with E-state index >= 15 is 0 Å². The molecule has 0 saturated carbocycles. The van der Waals surface area contributed by atoms with Gasteiger partial charge >= 0.3 is 0 Å². The molecule has 0 N–H and O–H groups in total. The average molecular weight is 523 g/mol. The molecule has 0 spiro atoms. The van der Waals surface area contributed by atoms with Gasteiger partial charge in [-0.05, 0) is 49.2 Å². The van der Waals surface area contributed by atoms with Gasteiger partial charge in [0.25, 0.3) is 0 Å². The molecular formula is C36H34N4. The van der Waals surface area contributed by atoms with Crippen LogP contribution in [0.15, 0.2) is 122 Å². The predicted octanol–water partition coefficient (Wildman–Crippen LogP) is 9.70. The summed E-state index contributed by atoms with van der Waals surface area (Å²) in [5.74, 6) is 0.724. The zero-order valence-corrected chi connectivity index (χ0v) is 23.5. The molecule has 4 heteroatoms. The number of rotatable bonds is 6. The lowest BCUT2D eigenvalue weighted by molar-refractivity contribution is 1.14. The van der Waals surface area contributed by atoms with Gasteiger partial charge in [0.15, 0.2) is 5.82 Å². The van der Waals surface area contributed by atoms with Gasteiger partial charge in [-0.25, -0.2) is 9.97 Å².